The van der Waals surface area contributed by atoms with Gasteiger partial charge in [-0.1, -0.05) is 30.3 Å². The maximum Gasteiger partial charge on any atom is 0.317 e. The highest BCUT2D eigenvalue weighted by Gasteiger charge is 2.44. The number of benzene rings is 1. The molecule has 1 saturated carbocycles. The largest absolute Gasteiger partial charge is 0.385 e. The Kier molecular flexibility index (Phi) is 5.01. The molecule has 1 aromatic rings. The number of rotatable bonds is 7. The van der Waals surface area contributed by atoms with Gasteiger partial charge >= 0.3 is 6.03 Å². The third kappa shape index (κ3) is 3.73. The van der Waals surface area contributed by atoms with E-state index in [2.05, 4.69) is 29.6 Å². The van der Waals surface area contributed by atoms with E-state index in [1.54, 1.807) is 12.0 Å². The first kappa shape index (κ1) is 14.9. The molecule has 0 radical (unpaired) electrons. The van der Waals surface area contributed by atoms with Crippen molar-refractivity contribution in [3.8, 4) is 0 Å². The molecule has 2 amide bonds. The fourth-order valence-electron chi connectivity index (χ4n) is 2.44. The summed E-state index contributed by atoms with van der Waals surface area (Å²) in [6.07, 6.45) is 3.18. The third-order valence-electron chi connectivity index (χ3n) is 4.01. The molecule has 0 aromatic heterocycles. The average molecular weight is 276 g/mol. The van der Waals surface area contributed by atoms with Gasteiger partial charge in [0.1, 0.15) is 0 Å². The standard InChI is InChI=1S/C16H24N2O2/c1-18(11-6-12-20-2)15(19)17-13-16(9-10-16)14-7-4-3-5-8-14/h3-5,7-8H,6,9-13H2,1-2H3,(H,17,19). The van der Waals surface area contributed by atoms with Crippen LogP contribution in [0.15, 0.2) is 30.3 Å². The van der Waals surface area contributed by atoms with Crippen LogP contribution in [0.2, 0.25) is 0 Å². The Morgan fingerprint density at radius 2 is 2.05 bits per heavy atom. The van der Waals surface area contributed by atoms with E-state index in [1.807, 2.05) is 13.1 Å². The van der Waals surface area contributed by atoms with Crippen molar-refractivity contribution >= 4 is 6.03 Å². The summed E-state index contributed by atoms with van der Waals surface area (Å²) in [5.74, 6) is 0. The van der Waals surface area contributed by atoms with E-state index in [1.165, 1.54) is 5.56 Å². The van der Waals surface area contributed by atoms with Gasteiger partial charge in [-0.25, -0.2) is 4.79 Å². The second-order valence-corrected chi connectivity index (χ2v) is 5.57. The Bertz CT molecular complexity index is 429. The highest BCUT2D eigenvalue weighted by molar-refractivity contribution is 5.74. The first-order valence-corrected chi connectivity index (χ1v) is 7.21. The third-order valence-corrected chi connectivity index (χ3v) is 4.01. The van der Waals surface area contributed by atoms with E-state index in [0.717, 1.165) is 32.4 Å². The zero-order valence-electron chi connectivity index (χ0n) is 12.4. The summed E-state index contributed by atoms with van der Waals surface area (Å²) in [5, 5.41) is 3.06. The number of nitrogens with zero attached hydrogens (tertiary/aromatic N) is 1. The van der Waals surface area contributed by atoms with Gasteiger partial charge in [0.2, 0.25) is 0 Å². The monoisotopic (exact) mass is 276 g/mol. The highest BCUT2D eigenvalue weighted by atomic mass is 16.5. The molecule has 0 heterocycles. The molecule has 4 heteroatoms. The number of hydrogen-bond donors (Lipinski definition) is 1. The highest BCUT2D eigenvalue weighted by Crippen LogP contribution is 2.47. The predicted molar refractivity (Wildman–Crippen MR) is 79.9 cm³/mol. The van der Waals surface area contributed by atoms with E-state index in [-0.39, 0.29) is 11.4 Å². The Labute approximate surface area is 121 Å². The SMILES string of the molecule is COCCCN(C)C(=O)NCC1(c2ccccc2)CC1. The van der Waals surface area contributed by atoms with Gasteiger partial charge in [0.05, 0.1) is 0 Å². The smallest absolute Gasteiger partial charge is 0.317 e. The molecule has 1 aliphatic rings. The van der Waals surface area contributed by atoms with Gasteiger partial charge < -0.3 is 15.0 Å². The van der Waals surface area contributed by atoms with Crippen LogP contribution in [0.25, 0.3) is 0 Å². The summed E-state index contributed by atoms with van der Waals surface area (Å²) in [4.78, 5) is 13.7. The maximum absolute atomic E-state index is 12.0. The van der Waals surface area contributed by atoms with Gasteiger partial charge in [0, 0.05) is 39.3 Å². The van der Waals surface area contributed by atoms with Crippen molar-refractivity contribution in [3.05, 3.63) is 35.9 Å². The van der Waals surface area contributed by atoms with Crippen molar-refractivity contribution in [1.82, 2.24) is 10.2 Å². The minimum Gasteiger partial charge on any atom is -0.385 e. The molecule has 110 valence electrons. The number of methoxy groups -OCH3 is 1. The van der Waals surface area contributed by atoms with Crippen molar-refractivity contribution in [3.63, 3.8) is 0 Å². The average Bonchev–Trinajstić information content (AvgIpc) is 3.27. The first-order chi connectivity index (χ1) is 9.68. The molecule has 0 unspecified atom stereocenters. The summed E-state index contributed by atoms with van der Waals surface area (Å²) in [6.45, 7) is 2.13. The van der Waals surface area contributed by atoms with Crippen LogP contribution in [0.1, 0.15) is 24.8 Å². The Morgan fingerprint density at radius 1 is 1.35 bits per heavy atom. The second kappa shape index (κ2) is 6.75. The molecular weight excluding hydrogens is 252 g/mol. The molecule has 20 heavy (non-hydrogen) atoms. The van der Waals surface area contributed by atoms with Crippen LogP contribution in [-0.2, 0) is 10.2 Å². The van der Waals surface area contributed by atoms with E-state index >= 15 is 0 Å². The fourth-order valence-corrected chi connectivity index (χ4v) is 2.44. The van der Waals surface area contributed by atoms with Gasteiger partial charge in [-0.15, -0.1) is 0 Å². The topological polar surface area (TPSA) is 41.6 Å². The van der Waals surface area contributed by atoms with Gasteiger partial charge in [-0.05, 0) is 24.8 Å². The van der Waals surface area contributed by atoms with Gasteiger partial charge in [0.25, 0.3) is 0 Å². The van der Waals surface area contributed by atoms with Crippen LogP contribution in [0.4, 0.5) is 4.79 Å². The minimum absolute atomic E-state index is 0.00306. The Hall–Kier alpha value is -1.55. The number of amides is 2. The van der Waals surface area contributed by atoms with Gasteiger partial charge in [-0.2, -0.15) is 0 Å². The minimum atomic E-state index is 0.00306. The number of nitrogens with one attached hydrogen (secondary N) is 1. The first-order valence-electron chi connectivity index (χ1n) is 7.21. The lowest BCUT2D eigenvalue weighted by Gasteiger charge is -2.21. The van der Waals surface area contributed by atoms with Crippen LogP contribution in [-0.4, -0.2) is 44.8 Å². The van der Waals surface area contributed by atoms with Crippen LogP contribution < -0.4 is 5.32 Å². The molecule has 0 spiro atoms. The summed E-state index contributed by atoms with van der Waals surface area (Å²) in [7, 11) is 3.50. The lowest BCUT2D eigenvalue weighted by Crippen LogP contribution is -2.41. The molecule has 1 fully saturated rings. The van der Waals surface area contributed by atoms with Crippen molar-refractivity contribution < 1.29 is 9.53 Å². The predicted octanol–water partition coefficient (Wildman–Crippen LogP) is 2.40. The van der Waals surface area contributed by atoms with E-state index in [9.17, 15) is 4.79 Å². The summed E-state index contributed by atoms with van der Waals surface area (Å²) in [5.41, 5.74) is 1.51. The quantitative estimate of drug-likeness (QED) is 0.777. The molecular formula is C16H24N2O2. The van der Waals surface area contributed by atoms with Crippen LogP contribution in [0.5, 0.6) is 0 Å². The summed E-state index contributed by atoms with van der Waals surface area (Å²) < 4.78 is 5.00. The van der Waals surface area contributed by atoms with Gasteiger partial charge in [-0.3, -0.25) is 0 Å². The lowest BCUT2D eigenvalue weighted by molar-refractivity contribution is 0.175. The Morgan fingerprint density at radius 3 is 2.65 bits per heavy atom. The van der Waals surface area contributed by atoms with Crippen molar-refractivity contribution in [2.45, 2.75) is 24.7 Å². The number of carbonyl (C=O) groups is 1. The van der Waals surface area contributed by atoms with Crippen LogP contribution in [0, 0.1) is 0 Å². The maximum atomic E-state index is 12.0. The van der Waals surface area contributed by atoms with E-state index in [4.69, 9.17) is 4.74 Å². The van der Waals surface area contributed by atoms with Crippen LogP contribution in [0.3, 0.4) is 0 Å². The van der Waals surface area contributed by atoms with Gasteiger partial charge in [0.15, 0.2) is 0 Å². The van der Waals surface area contributed by atoms with Crippen LogP contribution >= 0.6 is 0 Å². The second-order valence-electron chi connectivity index (χ2n) is 5.57. The summed E-state index contributed by atoms with van der Waals surface area (Å²) in [6, 6.07) is 10.5. The van der Waals surface area contributed by atoms with E-state index < -0.39 is 0 Å². The number of hydrogen-bond acceptors (Lipinski definition) is 2. The lowest BCUT2D eigenvalue weighted by atomic mass is 9.96. The number of urea groups is 1. The molecule has 0 atom stereocenters. The van der Waals surface area contributed by atoms with Crippen molar-refractivity contribution in [1.29, 1.82) is 0 Å². The molecule has 2 rings (SSSR count). The zero-order valence-corrected chi connectivity index (χ0v) is 12.4. The fraction of sp³-hybridized carbons (Fsp3) is 0.562. The number of ether oxygens (including phenoxy) is 1. The number of carbonyl (C=O) groups excluding carboxylic acids is 1. The van der Waals surface area contributed by atoms with E-state index in [0.29, 0.717) is 6.61 Å². The molecule has 0 bridgehead atoms. The van der Waals surface area contributed by atoms with Crippen molar-refractivity contribution in [2.75, 3.05) is 33.9 Å². The molecule has 1 aliphatic carbocycles. The molecule has 0 aliphatic heterocycles. The molecule has 0 saturated heterocycles. The zero-order chi connectivity index (χ0) is 14.4. The summed E-state index contributed by atoms with van der Waals surface area (Å²) >= 11 is 0. The normalized spacial score (nSPS) is 15.7. The molecule has 1 N–H and O–H groups in total. The van der Waals surface area contributed by atoms with Crippen molar-refractivity contribution in [2.24, 2.45) is 0 Å². The Balaban J connectivity index is 1.79. The molecule has 4 nitrogen and oxygen atoms in total. The molecule has 1 aromatic carbocycles.